The summed E-state index contributed by atoms with van der Waals surface area (Å²) in [6.45, 7) is 0.513. The number of ether oxygens (including phenoxy) is 1. The Hall–Kier alpha value is -2.83. The number of fused-ring (bicyclic) bond motifs is 1. The zero-order valence-corrected chi connectivity index (χ0v) is 10.4. The maximum atomic E-state index is 5.74. The summed E-state index contributed by atoms with van der Waals surface area (Å²) in [6.07, 6.45) is 1.56. The van der Waals surface area contributed by atoms with Crippen LogP contribution in [0, 0.1) is 0 Å². The third kappa shape index (κ3) is 1.56. The number of nitrogens with one attached hydrogen (secondary N) is 1. The van der Waals surface area contributed by atoms with Crippen LogP contribution >= 0.6 is 0 Å². The highest BCUT2D eigenvalue weighted by molar-refractivity contribution is 5.65. The predicted octanol–water partition coefficient (Wildman–Crippen LogP) is 1.57. The molecule has 0 amide bonds. The number of para-hydroxylation sites is 1. The zero-order valence-electron chi connectivity index (χ0n) is 10.4. The van der Waals surface area contributed by atoms with E-state index in [9.17, 15) is 0 Å². The van der Waals surface area contributed by atoms with Gasteiger partial charge in [0.25, 0.3) is 5.89 Å². The summed E-state index contributed by atoms with van der Waals surface area (Å²) in [5, 5.41) is 10.5. The lowest BCUT2D eigenvalue weighted by Crippen LogP contribution is -2.04. The largest absolute Gasteiger partial charge is 0.492 e. The summed E-state index contributed by atoms with van der Waals surface area (Å²) in [5.41, 5.74) is 7.42. The number of aromatic nitrogens is 4. The van der Waals surface area contributed by atoms with E-state index in [0.717, 1.165) is 11.3 Å². The minimum absolute atomic E-state index is 0.0168. The molecule has 1 unspecified atom stereocenters. The topological polar surface area (TPSA) is 103 Å². The molecule has 0 radical (unpaired) electrons. The lowest BCUT2D eigenvalue weighted by molar-refractivity contribution is 0.335. The van der Waals surface area contributed by atoms with Crippen LogP contribution in [0.25, 0.3) is 11.5 Å². The summed E-state index contributed by atoms with van der Waals surface area (Å²) in [7, 11) is 0. The molecule has 1 aliphatic rings. The predicted molar refractivity (Wildman–Crippen MR) is 70.1 cm³/mol. The van der Waals surface area contributed by atoms with Crippen LogP contribution < -0.4 is 10.5 Å². The maximum Gasteiger partial charge on any atom is 0.263 e. The van der Waals surface area contributed by atoms with Crippen molar-refractivity contribution in [2.24, 2.45) is 0 Å². The Labute approximate surface area is 113 Å². The second kappa shape index (κ2) is 4.09. The molecular weight excluding hydrogens is 258 g/mol. The van der Waals surface area contributed by atoms with Crippen LogP contribution in [0.5, 0.6) is 5.75 Å². The first-order chi connectivity index (χ1) is 9.83. The number of H-pyrrole nitrogens is 1. The minimum atomic E-state index is -0.0168. The number of nitrogens with two attached hydrogens (primary N) is 1. The summed E-state index contributed by atoms with van der Waals surface area (Å²) in [5.74, 6) is 2.20. The zero-order chi connectivity index (χ0) is 13.5. The second-order valence-electron chi connectivity index (χ2n) is 4.56. The molecular formula is C13H11N5O2. The molecule has 0 spiro atoms. The Morgan fingerprint density at radius 2 is 2.20 bits per heavy atom. The van der Waals surface area contributed by atoms with Crippen molar-refractivity contribution in [3.8, 4) is 17.2 Å². The van der Waals surface area contributed by atoms with Crippen molar-refractivity contribution in [3.05, 3.63) is 41.9 Å². The lowest BCUT2D eigenvalue weighted by atomic mass is 10.0. The van der Waals surface area contributed by atoms with E-state index < -0.39 is 0 Å². The van der Waals surface area contributed by atoms with Gasteiger partial charge in [0.1, 0.15) is 23.7 Å². The van der Waals surface area contributed by atoms with Crippen LogP contribution in [-0.2, 0) is 0 Å². The van der Waals surface area contributed by atoms with Crippen molar-refractivity contribution in [2.45, 2.75) is 5.92 Å². The molecule has 0 saturated heterocycles. The third-order valence-corrected chi connectivity index (χ3v) is 3.35. The van der Waals surface area contributed by atoms with E-state index >= 15 is 0 Å². The van der Waals surface area contributed by atoms with E-state index in [1.807, 2.05) is 24.3 Å². The fourth-order valence-corrected chi connectivity index (χ4v) is 2.33. The number of benzene rings is 1. The van der Waals surface area contributed by atoms with Gasteiger partial charge in [-0.05, 0) is 6.07 Å². The van der Waals surface area contributed by atoms with Gasteiger partial charge in [-0.2, -0.15) is 10.1 Å². The molecule has 1 atom stereocenters. The molecule has 7 heteroatoms. The van der Waals surface area contributed by atoms with E-state index in [1.165, 1.54) is 0 Å². The minimum Gasteiger partial charge on any atom is -0.492 e. The summed E-state index contributed by atoms with van der Waals surface area (Å²) < 4.78 is 10.9. The molecule has 3 N–H and O–H groups in total. The number of nitrogens with zero attached hydrogens (tertiary/aromatic N) is 3. The van der Waals surface area contributed by atoms with Crippen LogP contribution in [0.4, 0.5) is 5.82 Å². The molecule has 2 aromatic heterocycles. The molecule has 0 aliphatic carbocycles. The first-order valence-corrected chi connectivity index (χ1v) is 6.17. The molecule has 0 fully saturated rings. The van der Waals surface area contributed by atoms with Crippen molar-refractivity contribution in [3.63, 3.8) is 0 Å². The lowest BCUT2D eigenvalue weighted by Gasteiger charge is -2.01. The number of hydrogen-bond acceptors (Lipinski definition) is 6. The Balaban J connectivity index is 1.72. The van der Waals surface area contributed by atoms with E-state index in [0.29, 0.717) is 29.7 Å². The Morgan fingerprint density at radius 1 is 1.30 bits per heavy atom. The molecule has 0 saturated carbocycles. The van der Waals surface area contributed by atoms with Gasteiger partial charge in [-0.3, -0.25) is 5.10 Å². The van der Waals surface area contributed by atoms with Gasteiger partial charge in [-0.1, -0.05) is 23.4 Å². The molecule has 1 aliphatic heterocycles. The molecule has 7 nitrogen and oxygen atoms in total. The monoisotopic (exact) mass is 269 g/mol. The van der Waals surface area contributed by atoms with Crippen molar-refractivity contribution in [2.75, 3.05) is 12.3 Å². The Morgan fingerprint density at radius 3 is 3.05 bits per heavy atom. The smallest absolute Gasteiger partial charge is 0.263 e. The van der Waals surface area contributed by atoms with Crippen molar-refractivity contribution < 1.29 is 9.26 Å². The SMILES string of the molecule is Nc1[nH]ncc1-c1nc(C2COc3ccccc32)no1. The van der Waals surface area contributed by atoms with Gasteiger partial charge in [-0.15, -0.1) is 0 Å². The molecule has 100 valence electrons. The van der Waals surface area contributed by atoms with Crippen molar-refractivity contribution in [1.82, 2.24) is 20.3 Å². The van der Waals surface area contributed by atoms with Gasteiger partial charge in [0.05, 0.1) is 12.1 Å². The van der Waals surface area contributed by atoms with Crippen molar-refractivity contribution >= 4 is 5.82 Å². The van der Waals surface area contributed by atoms with E-state index in [1.54, 1.807) is 6.20 Å². The quantitative estimate of drug-likeness (QED) is 0.732. The number of aromatic amines is 1. The fraction of sp³-hybridized carbons (Fsp3) is 0.154. The van der Waals surface area contributed by atoms with E-state index in [4.69, 9.17) is 15.0 Å². The average molecular weight is 269 g/mol. The number of anilines is 1. The Bertz CT molecular complexity index is 763. The first kappa shape index (κ1) is 11.0. The first-order valence-electron chi connectivity index (χ1n) is 6.17. The molecule has 20 heavy (non-hydrogen) atoms. The van der Waals surface area contributed by atoms with Crippen LogP contribution in [0.2, 0.25) is 0 Å². The fourth-order valence-electron chi connectivity index (χ4n) is 2.33. The van der Waals surface area contributed by atoms with Crippen molar-refractivity contribution in [1.29, 1.82) is 0 Å². The molecule has 0 bridgehead atoms. The third-order valence-electron chi connectivity index (χ3n) is 3.35. The molecule has 4 rings (SSSR count). The number of nitrogen functional groups attached to an aromatic ring is 1. The van der Waals surface area contributed by atoms with Crippen LogP contribution in [0.1, 0.15) is 17.3 Å². The van der Waals surface area contributed by atoms with E-state index in [-0.39, 0.29) is 5.92 Å². The summed E-state index contributed by atoms with van der Waals surface area (Å²) >= 11 is 0. The summed E-state index contributed by atoms with van der Waals surface area (Å²) in [6, 6.07) is 7.85. The summed E-state index contributed by atoms with van der Waals surface area (Å²) in [4.78, 5) is 4.40. The highest BCUT2D eigenvalue weighted by Crippen LogP contribution is 2.37. The molecule has 1 aromatic carbocycles. The number of rotatable bonds is 2. The maximum absolute atomic E-state index is 5.74. The van der Waals surface area contributed by atoms with Gasteiger partial charge in [0.2, 0.25) is 0 Å². The van der Waals surface area contributed by atoms with Crippen LogP contribution in [0.3, 0.4) is 0 Å². The highest BCUT2D eigenvalue weighted by Gasteiger charge is 2.29. The second-order valence-corrected chi connectivity index (χ2v) is 4.56. The Kier molecular flexibility index (Phi) is 2.26. The van der Waals surface area contributed by atoms with Gasteiger partial charge >= 0.3 is 0 Å². The van der Waals surface area contributed by atoms with E-state index in [2.05, 4.69) is 20.3 Å². The highest BCUT2D eigenvalue weighted by atomic mass is 16.5. The van der Waals surface area contributed by atoms with Gasteiger partial charge in [-0.25, -0.2) is 0 Å². The number of hydrogen-bond donors (Lipinski definition) is 2. The van der Waals surface area contributed by atoms with Gasteiger partial charge < -0.3 is 15.0 Å². The van der Waals surface area contributed by atoms with Crippen LogP contribution in [0.15, 0.2) is 35.0 Å². The standard InChI is InChI=1S/C13H11N5O2/c14-11-8(5-15-17-11)13-16-12(18-20-13)9-6-19-10-4-2-1-3-7(9)10/h1-5,9H,6H2,(H3,14,15,17). The molecule has 3 aromatic rings. The van der Waals surface area contributed by atoms with Gasteiger partial charge in [0, 0.05) is 5.56 Å². The average Bonchev–Trinajstić information content (AvgIpc) is 3.15. The normalized spacial score (nSPS) is 16.9. The van der Waals surface area contributed by atoms with Gasteiger partial charge in [0.15, 0.2) is 5.82 Å². The molecule has 3 heterocycles. The van der Waals surface area contributed by atoms with Crippen LogP contribution in [-0.4, -0.2) is 26.9 Å².